The third-order valence-corrected chi connectivity index (χ3v) is 6.85. The van der Waals surface area contributed by atoms with Crippen LogP contribution in [-0.4, -0.2) is 19.3 Å². The summed E-state index contributed by atoms with van der Waals surface area (Å²) in [7, 11) is 3.61. The molecule has 1 saturated carbocycles. The summed E-state index contributed by atoms with van der Waals surface area (Å²) in [5.41, 5.74) is 6.38. The van der Waals surface area contributed by atoms with E-state index < -0.39 is 0 Å². The van der Waals surface area contributed by atoms with Crippen molar-refractivity contribution in [1.82, 2.24) is 19.3 Å². The van der Waals surface area contributed by atoms with E-state index in [4.69, 9.17) is 0 Å². The molecule has 5 rings (SSSR count). The van der Waals surface area contributed by atoms with Gasteiger partial charge in [-0.2, -0.15) is 5.10 Å². The molecule has 0 radical (unpaired) electrons. The summed E-state index contributed by atoms with van der Waals surface area (Å²) >= 11 is 0. The molecule has 4 aromatic rings. The van der Waals surface area contributed by atoms with Gasteiger partial charge in [0, 0.05) is 24.9 Å². The zero-order valence-corrected chi connectivity index (χ0v) is 19.1. The van der Waals surface area contributed by atoms with Gasteiger partial charge in [-0.15, -0.1) is 5.10 Å². The summed E-state index contributed by atoms with van der Waals surface area (Å²) in [6, 6.07) is 10.7. The largest absolute Gasteiger partial charge is 0.359 e. The summed E-state index contributed by atoms with van der Waals surface area (Å²) in [4.78, 5) is 12.5. The number of benzene rings is 2. The molecule has 160 valence electrons. The Balaban J connectivity index is 1.66. The number of imidazole rings is 1. The van der Waals surface area contributed by atoms with Gasteiger partial charge in [-0.25, -0.2) is 4.79 Å². The highest BCUT2D eigenvalue weighted by Gasteiger charge is 2.30. The lowest BCUT2D eigenvalue weighted by atomic mass is 9.87. The Labute approximate surface area is 181 Å². The minimum absolute atomic E-state index is 0.0359. The fourth-order valence-corrected chi connectivity index (χ4v) is 4.90. The minimum Gasteiger partial charge on any atom is -0.359 e. The quantitative estimate of drug-likeness (QED) is 0.526. The van der Waals surface area contributed by atoms with Crippen LogP contribution in [0.25, 0.3) is 21.8 Å². The molecule has 0 amide bonds. The average molecular weight is 416 g/mol. The van der Waals surface area contributed by atoms with E-state index >= 15 is 0 Å². The van der Waals surface area contributed by atoms with Gasteiger partial charge in [-0.05, 0) is 75.3 Å². The normalized spacial score (nSPS) is 14.5. The van der Waals surface area contributed by atoms with E-state index in [0.29, 0.717) is 5.92 Å². The molecule has 0 saturated heterocycles. The smallest absolute Gasteiger partial charge is 0.328 e. The fraction of sp³-hybridized carbons (Fsp3) is 0.400. The summed E-state index contributed by atoms with van der Waals surface area (Å²) in [6.45, 7) is 8.57. The standard InChI is InChI=1S/C25H29N5O/c1-14-17(16-10-11-16)8-7-9-20(14)25(3,4)26-23-19-13-22-21(29(5)24(31)30(22)6)12-18(19)15(2)27-28-23/h7-9,12-13,16H,10-11H2,1-6H3,(H,26,28). The highest BCUT2D eigenvalue weighted by molar-refractivity contribution is 6.01. The summed E-state index contributed by atoms with van der Waals surface area (Å²) < 4.78 is 3.36. The van der Waals surface area contributed by atoms with Crippen molar-refractivity contribution in [2.24, 2.45) is 14.1 Å². The molecule has 0 bridgehead atoms. The molecule has 0 atom stereocenters. The topological polar surface area (TPSA) is 64.7 Å². The number of anilines is 1. The van der Waals surface area contributed by atoms with Crippen molar-refractivity contribution >= 4 is 27.6 Å². The van der Waals surface area contributed by atoms with Gasteiger partial charge in [0.15, 0.2) is 5.82 Å². The van der Waals surface area contributed by atoms with Crippen LogP contribution in [0.1, 0.15) is 55.0 Å². The number of nitrogens with one attached hydrogen (secondary N) is 1. The molecule has 2 aromatic carbocycles. The number of fused-ring (bicyclic) bond motifs is 2. The van der Waals surface area contributed by atoms with Crippen LogP contribution in [0.15, 0.2) is 35.1 Å². The maximum atomic E-state index is 12.5. The Hall–Kier alpha value is -3.15. The lowest BCUT2D eigenvalue weighted by Crippen LogP contribution is -2.30. The van der Waals surface area contributed by atoms with Crippen molar-refractivity contribution < 1.29 is 0 Å². The van der Waals surface area contributed by atoms with Crippen LogP contribution in [0.4, 0.5) is 5.82 Å². The Kier molecular flexibility index (Phi) is 4.26. The predicted molar refractivity (Wildman–Crippen MR) is 126 cm³/mol. The summed E-state index contributed by atoms with van der Waals surface area (Å²) in [5, 5.41) is 14.6. The van der Waals surface area contributed by atoms with Gasteiger partial charge < -0.3 is 5.32 Å². The van der Waals surface area contributed by atoms with Crippen LogP contribution in [-0.2, 0) is 19.6 Å². The molecule has 0 aliphatic heterocycles. The lowest BCUT2D eigenvalue weighted by molar-refractivity contribution is 0.599. The second kappa shape index (κ2) is 6.67. The molecule has 1 aliphatic rings. The zero-order valence-electron chi connectivity index (χ0n) is 19.1. The highest BCUT2D eigenvalue weighted by Crippen LogP contribution is 2.43. The van der Waals surface area contributed by atoms with Crippen molar-refractivity contribution in [2.45, 2.75) is 52.0 Å². The van der Waals surface area contributed by atoms with Crippen molar-refractivity contribution in [3.05, 3.63) is 63.2 Å². The molecule has 6 heteroatoms. The second-order valence-electron chi connectivity index (χ2n) is 9.47. The monoisotopic (exact) mass is 415 g/mol. The Morgan fingerprint density at radius 2 is 1.65 bits per heavy atom. The summed E-state index contributed by atoms with van der Waals surface area (Å²) in [5.74, 6) is 1.45. The molecule has 1 fully saturated rings. The van der Waals surface area contributed by atoms with Crippen molar-refractivity contribution in [1.29, 1.82) is 0 Å². The number of hydrogen-bond acceptors (Lipinski definition) is 4. The van der Waals surface area contributed by atoms with Crippen LogP contribution in [0.5, 0.6) is 0 Å². The van der Waals surface area contributed by atoms with E-state index in [0.717, 1.165) is 33.3 Å². The van der Waals surface area contributed by atoms with E-state index in [1.54, 1.807) is 16.2 Å². The van der Waals surface area contributed by atoms with Gasteiger partial charge in [-0.1, -0.05) is 18.2 Å². The first kappa shape index (κ1) is 19.8. The van der Waals surface area contributed by atoms with Gasteiger partial charge in [0.2, 0.25) is 0 Å². The van der Waals surface area contributed by atoms with E-state index in [-0.39, 0.29) is 11.2 Å². The molecule has 1 aliphatic carbocycles. The molecular weight excluding hydrogens is 386 g/mol. The maximum Gasteiger partial charge on any atom is 0.328 e. The molecule has 2 heterocycles. The van der Waals surface area contributed by atoms with E-state index in [1.165, 1.54) is 29.5 Å². The van der Waals surface area contributed by atoms with Gasteiger partial charge in [0.05, 0.1) is 22.3 Å². The molecule has 1 N–H and O–H groups in total. The zero-order chi connectivity index (χ0) is 22.1. The van der Waals surface area contributed by atoms with Gasteiger partial charge in [0.1, 0.15) is 0 Å². The number of aromatic nitrogens is 4. The number of nitrogens with zero attached hydrogens (tertiary/aromatic N) is 4. The third kappa shape index (κ3) is 3.04. The fourth-order valence-electron chi connectivity index (χ4n) is 4.90. The molecular formula is C25H29N5O. The number of hydrogen-bond donors (Lipinski definition) is 1. The third-order valence-electron chi connectivity index (χ3n) is 6.85. The van der Waals surface area contributed by atoms with Crippen LogP contribution in [0.2, 0.25) is 0 Å². The van der Waals surface area contributed by atoms with Gasteiger partial charge >= 0.3 is 5.69 Å². The first-order chi connectivity index (χ1) is 14.7. The minimum atomic E-state index is -0.330. The Morgan fingerprint density at radius 1 is 1.00 bits per heavy atom. The first-order valence-electron chi connectivity index (χ1n) is 10.9. The van der Waals surface area contributed by atoms with Crippen LogP contribution >= 0.6 is 0 Å². The van der Waals surface area contributed by atoms with Crippen molar-refractivity contribution in [2.75, 3.05) is 5.32 Å². The van der Waals surface area contributed by atoms with Crippen LogP contribution in [0.3, 0.4) is 0 Å². The van der Waals surface area contributed by atoms with Crippen LogP contribution in [0, 0.1) is 13.8 Å². The summed E-state index contributed by atoms with van der Waals surface area (Å²) in [6.07, 6.45) is 2.58. The van der Waals surface area contributed by atoms with E-state index in [9.17, 15) is 4.79 Å². The molecule has 6 nitrogen and oxygen atoms in total. The number of aryl methyl sites for hydroxylation is 3. The average Bonchev–Trinajstić information content (AvgIpc) is 3.55. The molecule has 0 spiro atoms. The van der Waals surface area contributed by atoms with E-state index in [1.807, 2.05) is 20.0 Å². The lowest BCUT2D eigenvalue weighted by Gasteiger charge is -2.30. The van der Waals surface area contributed by atoms with Gasteiger partial charge in [0.25, 0.3) is 0 Å². The maximum absolute atomic E-state index is 12.5. The number of rotatable bonds is 4. The predicted octanol–water partition coefficient (Wildman–Crippen LogP) is 4.66. The molecule has 2 aromatic heterocycles. The highest BCUT2D eigenvalue weighted by atomic mass is 16.1. The SMILES string of the molecule is Cc1c(C2CC2)cccc1C(C)(C)Nc1nnc(C)c2cc3c(cc12)n(C)c(=O)n3C. The van der Waals surface area contributed by atoms with Crippen molar-refractivity contribution in [3.63, 3.8) is 0 Å². The van der Waals surface area contributed by atoms with Crippen LogP contribution < -0.4 is 11.0 Å². The molecule has 31 heavy (non-hydrogen) atoms. The van der Waals surface area contributed by atoms with E-state index in [2.05, 4.69) is 60.6 Å². The Bertz CT molecular complexity index is 1410. The van der Waals surface area contributed by atoms with Crippen molar-refractivity contribution in [3.8, 4) is 0 Å². The second-order valence-corrected chi connectivity index (χ2v) is 9.47. The molecule has 0 unspecified atom stereocenters. The van der Waals surface area contributed by atoms with Gasteiger partial charge in [-0.3, -0.25) is 9.13 Å². The first-order valence-corrected chi connectivity index (χ1v) is 10.9. The Morgan fingerprint density at radius 3 is 2.29 bits per heavy atom.